The summed E-state index contributed by atoms with van der Waals surface area (Å²) in [7, 11) is 0. The Morgan fingerprint density at radius 1 is 1.25 bits per heavy atom. The molecule has 2 N–H and O–H groups in total. The van der Waals surface area contributed by atoms with E-state index >= 15 is 0 Å². The van der Waals surface area contributed by atoms with Gasteiger partial charge >= 0.3 is 0 Å². The van der Waals surface area contributed by atoms with E-state index in [2.05, 4.69) is 26.0 Å². The van der Waals surface area contributed by atoms with Crippen molar-refractivity contribution in [1.82, 2.24) is 0 Å². The standard InChI is InChI=1S/C17H19FN2/c1-17(2)10-9-12-7-8-16(19)20(15(12)11-17)14-6-4-3-5-13(14)18/h3-10,16H,11,19H2,1-2H3. The fraction of sp³-hybridized carbons (Fsp3) is 0.294. The van der Waals surface area contributed by atoms with Crippen LogP contribution in [0.1, 0.15) is 20.3 Å². The van der Waals surface area contributed by atoms with Gasteiger partial charge in [0.2, 0.25) is 0 Å². The highest BCUT2D eigenvalue weighted by atomic mass is 19.1. The lowest BCUT2D eigenvalue weighted by molar-refractivity contribution is 0.454. The number of anilines is 1. The van der Waals surface area contributed by atoms with Gasteiger partial charge in [0.25, 0.3) is 0 Å². The van der Waals surface area contributed by atoms with E-state index in [1.807, 2.05) is 23.1 Å². The highest BCUT2D eigenvalue weighted by molar-refractivity contribution is 5.61. The molecule has 0 fully saturated rings. The zero-order valence-corrected chi connectivity index (χ0v) is 11.8. The number of hydrogen-bond donors (Lipinski definition) is 1. The fourth-order valence-electron chi connectivity index (χ4n) is 2.80. The lowest BCUT2D eigenvalue weighted by Crippen LogP contribution is -2.44. The minimum atomic E-state index is -0.326. The van der Waals surface area contributed by atoms with Crippen LogP contribution < -0.4 is 10.6 Å². The van der Waals surface area contributed by atoms with Crippen molar-refractivity contribution in [2.45, 2.75) is 26.4 Å². The lowest BCUT2D eigenvalue weighted by atomic mass is 9.80. The van der Waals surface area contributed by atoms with Crippen LogP contribution in [0.2, 0.25) is 0 Å². The molecule has 3 rings (SSSR count). The molecule has 0 radical (unpaired) electrons. The van der Waals surface area contributed by atoms with Crippen LogP contribution in [-0.4, -0.2) is 6.17 Å². The third kappa shape index (κ3) is 2.18. The van der Waals surface area contributed by atoms with Crippen LogP contribution in [0.15, 0.2) is 59.8 Å². The largest absolute Gasteiger partial charge is 0.323 e. The van der Waals surface area contributed by atoms with Crippen molar-refractivity contribution in [3.8, 4) is 0 Å². The Hall–Kier alpha value is -1.87. The summed E-state index contributed by atoms with van der Waals surface area (Å²) in [6.07, 6.45) is 8.78. The van der Waals surface area contributed by atoms with E-state index in [0.717, 1.165) is 17.7 Å². The zero-order chi connectivity index (χ0) is 14.3. The first-order chi connectivity index (χ1) is 9.48. The van der Waals surface area contributed by atoms with E-state index in [9.17, 15) is 4.39 Å². The monoisotopic (exact) mass is 270 g/mol. The molecule has 0 aromatic heterocycles. The Labute approximate surface area is 119 Å². The van der Waals surface area contributed by atoms with Gasteiger partial charge in [-0.1, -0.05) is 44.2 Å². The Morgan fingerprint density at radius 2 is 2.00 bits per heavy atom. The summed E-state index contributed by atoms with van der Waals surface area (Å²) in [5.41, 5.74) is 9.01. The summed E-state index contributed by atoms with van der Waals surface area (Å²) in [4.78, 5) is 1.91. The van der Waals surface area contributed by atoms with E-state index < -0.39 is 0 Å². The average molecular weight is 270 g/mol. The summed E-state index contributed by atoms with van der Waals surface area (Å²) in [5.74, 6) is -0.238. The van der Waals surface area contributed by atoms with Crippen molar-refractivity contribution in [3.63, 3.8) is 0 Å². The van der Waals surface area contributed by atoms with Gasteiger partial charge in [-0.3, -0.25) is 0 Å². The van der Waals surface area contributed by atoms with Gasteiger partial charge in [0.1, 0.15) is 12.0 Å². The Bertz CT molecular complexity index is 626. The summed E-state index contributed by atoms with van der Waals surface area (Å²) in [6.45, 7) is 4.35. The van der Waals surface area contributed by atoms with Gasteiger partial charge in [0.15, 0.2) is 0 Å². The van der Waals surface area contributed by atoms with E-state index in [0.29, 0.717) is 5.69 Å². The molecule has 0 spiro atoms. The smallest absolute Gasteiger partial charge is 0.146 e. The Kier molecular flexibility index (Phi) is 3.02. The SMILES string of the molecule is CC1(C)C=CC2=C(C1)N(c1ccccc1F)C(N)C=C2. The van der Waals surface area contributed by atoms with Crippen LogP contribution in [0.5, 0.6) is 0 Å². The van der Waals surface area contributed by atoms with Crippen molar-refractivity contribution >= 4 is 5.69 Å². The second-order valence-electron chi connectivity index (χ2n) is 6.07. The molecular weight excluding hydrogens is 251 g/mol. The van der Waals surface area contributed by atoms with Gasteiger partial charge in [-0.25, -0.2) is 4.39 Å². The zero-order valence-electron chi connectivity index (χ0n) is 11.8. The van der Waals surface area contributed by atoms with Crippen molar-refractivity contribution in [2.75, 3.05) is 4.90 Å². The maximum absolute atomic E-state index is 14.1. The van der Waals surface area contributed by atoms with Gasteiger partial charge in [-0.05, 0) is 35.6 Å². The van der Waals surface area contributed by atoms with E-state index in [-0.39, 0.29) is 17.4 Å². The highest BCUT2D eigenvalue weighted by Gasteiger charge is 2.31. The first-order valence-corrected chi connectivity index (χ1v) is 6.88. The Morgan fingerprint density at radius 3 is 2.75 bits per heavy atom. The highest BCUT2D eigenvalue weighted by Crippen LogP contribution is 2.40. The first kappa shape index (κ1) is 13.1. The molecule has 0 saturated carbocycles. The minimum Gasteiger partial charge on any atom is -0.323 e. The quantitative estimate of drug-likeness (QED) is 0.842. The van der Waals surface area contributed by atoms with E-state index in [1.54, 1.807) is 12.1 Å². The second-order valence-corrected chi connectivity index (χ2v) is 6.07. The molecule has 104 valence electrons. The molecule has 0 saturated heterocycles. The molecule has 1 aromatic carbocycles. The predicted octanol–water partition coefficient (Wildman–Crippen LogP) is 3.73. The maximum atomic E-state index is 14.1. The fourth-order valence-corrected chi connectivity index (χ4v) is 2.80. The topological polar surface area (TPSA) is 29.3 Å². The van der Waals surface area contributed by atoms with Crippen molar-refractivity contribution in [3.05, 3.63) is 65.7 Å². The van der Waals surface area contributed by atoms with Crippen molar-refractivity contribution < 1.29 is 4.39 Å². The number of rotatable bonds is 1. The molecule has 20 heavy (non-hydrogen) atoms. The first-order valence-electron chi connectivity index (χ1n) is 6.88. The van der Waals surface area contributed by atoms with Crippen LogP contribution in [0.3, 0.4) is 0 Å². The van der Waals surface area contributed by atoms with Gasteiger partial charge < -0.3 is 10.6 Å². The number of para-hydroxylation sites is 1. The van der Waals surface area contributed by atoms with Crippen LogP contribution in [0.25, 0.3) is 0 Å². The minimum absolute atomic E-state index is 0.0627. The molecule has 2 nitrogen and oxygen atoms in total. The number of nitrogens with zero attached hydrogens (tertiary/aromatic N) is 1. The lowest BCUT2D eigenvalue weighted by Gasteiger charge is -2.40. The van der Waals surface area contributed by atoms with Crippen molar-refractivity contribution in [1.29, 1.82) is 0 Å². The molecule has 3 heteroatoms. The molecule has 1 heterocycles. The summed E-state index contributed by atoms with van der Waals surface area (Å²) < 4.78 is 14.1. The molecule has 1 aliphatic heterocycles. The summed E-state index contributed by atoms with van der Waals surface area (Å²) in [5, 5.41) is 0. The van der Waals surface area contributed by atoms with Crippen LogP contribution in [0, 0.1) is 11.2 Å². The van der Waals surface area contributed by atoms with E-state index in [1.165, 1.54) is 6.07 Å². The third-order valence-electron chi connectivity index (χ3n) is 3.84. The number of hydrogen-bond acceptors (Lipinski definition) is 2. The predicted molar refractivity (Wildman–Crippen MR) is 80.6 cm³/mol. The Balaban J connectivity index is 2.10. The molecule has 1 aromatic rings. The summed E-state index contributed by atoms with van der Waals surface area (Å²) in [6, 6.07) is 6.80. The van der Waals surface area contributed by atoms with Crippen LogP contribution >= 0.6 is 0 Å². The molecule has 1 aliphatic carbocycles. The van der Waals surface area contributed by atoms with E-state index in [4.69, 9.17) is 5.73 Å². The van der Waals surface area contributed by atoms with Crippen LogP contribution in [-0.2, 0) is 0 Å². The van der Waals surface area contributed by atoms with Crippen molar-refractivity contribution in [2.24, 2.45) is 11.1 Å². The number of allylic oxidation sites excluding steroid dienone is 5. The summed E-state index contributed by atoms with van der Waals surface area (Å²) >= 11 is 0. The van der Waals surface area contributed by atoms with Gasteiger partial charge in [-0.15, -0.1) is 0 Å². The molecule has 0 bridgehead atoms. The number of halogens is 1. The average Bonchev–Trinajstić information content (AvgIpc) is 2.39. The molecule has 2 aliphatic rings. The molecule has 1 atom stereocenters. The maximum Gasteiger partial charge on any atom is 0.146 e. The normalized spacial score (nSPS) is 24.0. The second kappa shape index (κ2) is 4.60. The molecular formula is C17H19FN2. The van der Waals surface area contributed by atoms with Gasteiger partial charge in [-0.2, -0.15) is 0 Å². The van der Waals surface area contributed by atoms with Gasteiger partial charge in [0.05, 0.1) is 5.69 Å². The molecule has 0 amide bonds. The van der Waals surface area contributed by atoms with Gasteiger partial charge in [0, 0.05) is 5.70 Å². The third-order valence-corrected chi connectivity index (χ3v) is 3.84. The number of benzene rings is 1. The number of nitrogens with two attached hydrogens (primary N) is 1. The molecule has 1 unspecified atom stereocenters. The van der Waals surface area contributed by atoms with Crippen LogP contribution in [0.4, 0.5) is 10.1 Å².